The van der Waals surface area contributed by atoms with Crippen LogP contribution in [0, 0.1) is 6.92 Å². The highest BCUT2D eigenvalue weighted by Gasteiger charge is 2.09. The van der Waals surface area contributed by atoms with Gasteiger partial charge in [-0.1, -0.05) is 41.9 Å². The molecule has 0 aromatic heterocycles. The zero-order chi connectivity index (χ0) is 19.2. The first-order valence-electron chi connectivity index (χ1n) is 8.56. The maximum Gasteiger partial charge on any atom is 0.336 e. The zero-order valence-electron chi connectivity index (χ0n) is 14.9. The summed E-state index contributed by atoms with van der Waals surface area (Å²) in [5.41, 5.74) is 3.88. The summed E-state index contributed by atoms with van der Waals surface area (Å²) in [4.78, 5) is 11.3. The Hall–Kier alpha value is -2.98. The Kier molecular flexibility index (Phi) is 5.99. The predicted molar refractivity (Wildman–Crippen MR) is 108 cm³/mol. The Morgan fingerprint density at radius 3 is 2.56 bits per heavy atom. The number of carboxylic acid groups (broad SMARTS) is 1. The number of benzene rings is 3. The molecule has 4 nitrogen and oxygen atoms in total. The van der Waals surface area contributed by atoms with E-state index in [2.05, 4.69) is 5.32 Å². The minimum absolute atomic E-state index is 0.304. The topological polar surface area (TPSA) is 58.6 Å². The average Bonchev–Trinajstić information content (AvgIpc) is 2.66. The standard InChI is InChI=1S/C22H20ClNO3/c1-15-20(22(25)26)9-4-10-21(15)24-13-16-5-3-8-19(12-16)27-14-17-6-2-7-18(23)11-17/h2-12,24H,13-14H2,1H3,(H,25,26). The highest BCUT2D eigenvalue weighted by molar-refractivity contribution is 6.30. The molecule has 0 amide bonds. The van der Waals surface area contributed by atoms with Crippen LogP contribution in [0.1, 0.15) is 27.0 Å². The van der Waals surface area contributed by atoms with Crippen molar-refractivity contribution in [1.29, 1.82) is 0 Å². The monoisotopic (exact) mass is 381 g/mol. The van der Waals surface area contributed by atoms with Gasteiger partial charge < -0.3 is 15.2 Å². The van der Waals surface area contributed by atoms with Crippen molar-refractivity contribution in [2.45, 2.75) is 20.1 Å². The Balaban J connectivity index is 1.64. The van der Waals surface area contributed by atoms with Crippen molar-refractivity contribution in [3.8, 4) is 5.75 Å². The number of nitrogens with one attached hydrogen (secondary N) is 1. The van der Waals surface area contributed by atoms with E-state index in [0.717, 1.165) is 28.1 Å². The van der Waals surface area contributed by atoms with Crippen LogP contribution in [-0.4, -0.2) is 11.1 Å². The van der Waals surface area contributed by atoms with E-state index in [-0.39, 0.29) is 0 Å². The third-order valence-electron chi connectivity index (χ3n) is 4.24. The van der Waals surface area contributed by atoms with E-state index >= 15 is 0 Å². The van der Waals surface area contributed by atoms with Crippen molar-refractivity contribution in [1.82, 2.24) is 0 Å². The quantitative estimate of drug-likeness (QED) is 0.564. The number of carbonyl (C=O) groups is 1. The van der Waals surface area contributed by atoms with E-state index < -0.39 is 5.97 Å². The first-order valence-corrected chi connectivity index (χ1v) is 8.93. The summed E-state index contributed by atoms with van der Waals surface area (Å²) in [6, 6.07) is 20.6. The molecular weight excluding hydrogens is 362 g/mol. The van der Waals surface area contributed by atoms with Crippen LogP contribution < -0.4 is 10.1 Å². The fourth-order valence-corrected chi connectivity index (χ4v) is 3.01. The second kappa shape index (κ2) is 8.60. The van der Waals surface area contributed by atoms with Crippen LogP contribution in [0.15, 0.2) is 66.7 Å². The molecule has 138 valence electrons. The predicted octanol–water partition coefficient (Wildman–Crippen LogP) is 5.54. The average molecular weight is 382 g/mol. The van der Waals surface area contributed by atoms with Crippen LogP contribution in [0.25, 0.3) is 0 Å². The fraction of sp³-hybridized carbons (Fsp3) is 0.136. The lowest BCUT2D eigenvalue weighted by atomic mass is 10.1. The van der Waals surface area contributed by atoms with Gasteiger partial charge in [0.15, 0.2) is 0 Å². The van der Waals surface area contributed by atoms with Crippen molar-refractivity contribution >= 4 is 23.3 Å². The third-order valence-corrected chi connectivity index (χ3v) is 4.48. The lowest BCUT2D eigenvalue weighted by molar-refractivity contribution is 0.0696. The summed E-state index contributed by atoms with van der Waals surface area (Å²) in [5.74, 6) is -0.155. The van der Waals surface area contributed by atoms with Crippen molar-refractivity contribution in [2.75, 3.05) is 5.32 Å². The Morgan fingerprint density at radius 1 is 1.04 bits per heavy atom. The van der Waals surface area contributed by atoms with Gasteiger partial charge in [0.2, 0.25) is 0 Å². The minimum Gasteiger partial charge on any atom is -0.489 e. The SMILES string of the molecule is Cc1c(NCc2cccc(OCc3cccc(Cl)c3)c2)cccc1C(=O)O. The number of aromatic carboxylic acids is 1. The molecule has 0 spiro atoms. The van der Waals surface area contributed by atoms with Gasteiger partial charge in [0.05, 0.1) is 5.56 Å². The van der Waals surface area contributed by atoms with E-state index in [4.69, 9.17) is 16.3 Å². The molecule has 0 saturated heterocycles. The largest absolute Gasteiger partial charge is 0.489 e. The van der Waals surface area contributed by atoms with E-state index in [1.165, 1.54) is 0 Å². The molecule has 3 rings (SSSR count). The van der Waals surface area contributed by atoms with Gasteiger partial charge in [-0.3, -0.25) is 0 Å². The fourth-order valence-electron chi connectivity index (χ4n) is 2.79. The molecule has 0 bridgehead atoms. The van der Waals surface area contributed by atoms with Crippen molar-refractivity contribution in [3.63, 3.8) is 0 Å². The van der Waals surface area contributed by atoms with Gasteiger partial charge in [0.25, 0.3) is 0 Å². The molecule has 0 unspecified atom stereocenters. The Morgan fingerprint density at radius 2 is 1.78 bits per heavy atom. The second-order valence-electron chi connectivity index (χ2n) is 6.20. The molecule has 0 saturated carbocycles. The number of hydrogen-bond acceptors (Lipinski definition) is 3. The lowest BCUT2D eigenvalue weighted by Gasteiger charge is -2.13. The van der Waals surface area contributed by atoms with Gasteiger partial charge in [-0.25, -0.2) is 4.79 Å². The van der Waals surface area contributed by atoms with Gasteiger partial charge in [0.1, 0.15) is 12.4 Å². The summed E-state index contributed by atoms with van der Waals surface area (Å²) in [7, 11) is 0. The number of hydrogen-bond donors (Lipinski definition) is 2. The first kappa shape index (κ1) is 18.8. The molecule has 0 aliphatic carbocycles. The van der Waals surface area contributed by atoms with Crippen LogP contribution in [0.5, 0.6) is 5.75 Å². The highest BCUT2D eigenvalue weighted by Crippen LogP contribution is 2.21. The van der Waals surface area contributed by atoms with Crippen LogP contribution >= 0.6 is 11.6 Å². The number of rotatable bonds is 7. The van der Waals surface area contributed by atoms with Crippen LogP contribution in [0.3, 0.4) is 0 Å². The molecule has 0 atom stereocenters. The maximum atomic E-state index is 11.3. The Labute approximate surface area is 163 Å². The smallest absolute Gasteiger partial charge is 0.336 e. The zero-order valence-corrected chi connectivity index (χ0v) is 15.7. The van der Waals surface area contributed by atoms with E-state index in [9.17, 15) is 9.90 Å². The molecular formula is C22H20ClNO3. The summed E-state index contributed by atoms with van der Waals surface area (Å²) in [6.07, 6.45) is 0. The molecule has 27 heavy (non-hydrogen) atoms. The van der Waals surface area contributed by atoms with Crippen molar-refractivity contribution in [2.24, 2.45) is 0 Å². The summed E-state index contributed by atoms with van der Waals surface area (Å²) >= 11 is 5.99. The normalized spacial score (nSPS) is 10.4. The number of halogens is 1. The summed E-state index contributed by atoms with van der Waals surface area (Å²) < 4.78 is 5.85. The van der Waals surface area contributed by atoms with E-state index in [1.807, 2.05) is 54.6 Å². The molecule has 3 aromatic carbocycles. The van der Waals surface area contributed by atoms with Crippen molar-refractivity contribution in [3.05, 3.63) is 94.0 Å². The van der Waals surface area contributed by atoms with Gasteiger partial charge in [0, 0.05) is 17.3 Å². The van der Waals surface area contributed by atoms with Gasteiger partial charge in [-0.2, -0.15) is 0 Å². The van der Waals surface area contributed by atoms with Gasteiger partial charge in [-0.15, -0.1) is 0 Å². The Bertz CT molecular complexity index is 956. The number of ether oxygens (including phenoxy) is 1. The maximum absolute atomic E-state index is 11.3. The molecule has 0 radical (unpaired) electrons. The summed E-state index contributed by atoms with van der Waals surface area (Å²) in [6.45, 7) is 2.81. The molecule has 0 fully saturated rings. The number of carboxylic acids is 1. The minimum atomic E-state index is -0.924. The van der Waals surface area contributed by atoms with Gasteiger partial charge in [-0.05, 0) is 60.0 Å². The van der Waals surface area contributed by atoms with Gasteiger partial charge >= 0.3 is 5.97 Å². The molecule has 3 aromatic rings. The van der Waals surface area contributed by atoms with E-state index in [1.54, 1.807) is 19.1 Å². The number of anilines is 1. The van der Waals surface area contributed by atoms with Crippen molar-refractivity contribution < 1.29 is 14.6 Å². The lowest BCUT2D eigenvalue weighted by Crippen LogP contribution is -2.06. The molecule has 0 aliphatic heterocycles. The molecule has 5 heteroatoms. The van der Waals surface area contributed by atoms with Crippen LogP contribution in [0.2, 0.25) is 5.02 Å². The first-order chi connectivity index (χ1) is 13.0. The molecule has 0 heterocycles. The van der Waals surface area contributed by atoms with Crippen LogP contribution in [0.4, 0.5) is 5.69 Å². The summed E-state index contributed by atoms with van der Waals surface area (Å²) in [5, 5.41) is 13.2. The molecule has 2 N–H and O–H groups in total. The van der Waals surface area contributed by atoms with E-state index in [0.29, 0.717) is 23.7 Å². The van der Waals surface area contributed by atoms with Crippen LogP contribution in [-0.2, 0) is 13.2 Å². The molecule has 0 aliphatic rings. The highest BCUT2D eigenvalue weighted by atomic mass is 35.5. The third kappa shape index (κ3) is 5.02. The second-order valence-corrected chi connectivity index (χ2v) is 6.64.